The number of allylic oxidation sites excluding steroid dienone is 2. The van der Waals surface area contributed by atoms with Crippen LogP contribution in [0.3, 0.4) is 0 Å². The first-order valence-corrected chi connectivity index (χ1v) is 16.2. The number of nitrogens with one attached hydrogen (secondary N) is 1. The summed E-state index contributed by atoms with van der Waals surface area (Å²) >= 11 is 0. The number of aromatic carboxylic acids is 1. The average molecular weight is 716 g/mol. The number of anilines is 2. The smallest absolute Gasteiger partial charge is 0.412 e. The minimum Gasteiger partial charge on any atom is -0.492 e. The third kappa shape index (κ3) is 6.82. The maximum absolute atomic E-state index is 15.2. The number of carbonyl (C=O) groups excluding carboxylic acids is 4. The quantitative estimate of drug-likeness (QED) is 0.252. The molecule has 2 aliphatic rings. The number of benzene rings is 2. The number of ketones is 2. The third-order valence-corrected chi connectivity index (χ3v) is 9.03. The molecule has 0 spiro atoms. The van der Waals surface area contributed by atoms with Crippen LogP contribution in [0.5, 0.6) is 0 Å². The van der Waals surface area contributed by atoms with Crippen LogP contribution in [0, 0.1) is 5.82 Å². The number of hydrogen-bond donors (Lipinski definition) is 2. The van der Waals surface area contributed by atoms with Gasteiger partial charge in [-0.1, -0.05) is 12.1 Å². The highest BCUT2D eigenvalue weighted by molar-refractivity contribution is 6.23. The Bertz CT molecular complexity index is 2210. The number of carboxylic acids is 1. The zero-order valence-corrected chi connectivity index (χ0v) is 28.4. The van der Waals surface area contributed by atoms with E-state index in [2.05, 4.69) is 5.32 Å². The van der Waals surface area contributed by atoms with Crippen LogP contribution < -0.4 is 15.6 Å². The Kier molecular flexibility index (Phi) is 9.81. The number of rotatable bonds is 9. The van der Waals surface area contributed by atoms with Crippen molar-refractivity contribution in [2.45, 2.75) is 26.7 Å². The second kappa shape index (κ2) is 14.4. The predicted molar refractivity (Wildman–Crippen MR) is 184 cm³/mol. The van der Waals surface area contributed by atoms with Crippen LogP contribution in [0.2, 0.25) is 0 Å². The summed E-state index contributed by atoms with van der Waals surface area (Å²) < 4.78 is 34.1. The minimum atomic E-state index is -1.38. The molecule has 1 aliphatic heterocycles. The molecule has 0 bridgehead atoms. The lowest BCUT2D eigenvalue weighted by Crippen LogP contribution is -2.49. The molecule has 0 saturated carbocycles. The van der Waals surface area contributed by atoms with Gasteiger partial charge in [0.05, 0.1) is 29.6 Å². The van der Waals surface area contributed by atoms with E-state index < -0.39 is 40.7 Å². The number of aromatic nitrogens is 2. The lowest BCUT2D eigenvalue weighted by molar-refractivity contribution is 0.0694. The molecule has 6 rings (SSSR count). The molecule has 16 heteroatoms. The van der Waals surface area contributed by atoms with Gasteiger partial charge in [0, 0.05) is 63.1 Å². The maximum Gasteiger partial charge on any atom is 0.412 e. The van der Waals surface area contributed by atoms with E-state index in [0.29, 0.717) is 42.1 Å². The molecule has 0 radical (unpaired) electrons. The van der Waals surface area contributed by atoms with Crippen molar-refractivity contribution in [1.82, 2.24) is 14.0 Å². The number of methoxy groups -OCH3 is 1. The van der Waals surface area contributed by atoms with E-state index in [0.717, 1.165) is 12.1 Å². The van der Waals surface area contributed by atoms with E-state index in [1.807, 2.05) is 0 Å². The molecule has 0 atom stereocenters. The van der Waals surface area contributed by atoms with Gasteiger partial charge < -0.3 is 38.3 Å². The Morgan fingerprint density at radius 2 is 1.67 bits per heavy atom. The number of Topliss-reactive ketones (excluding diaryl/α,β-unsaturated/α-hetero) is 1. The van der Waals surface area contributed by atoms with E-state index >= 15 is 4.39 Å². The lowest BCUT2D eigenvalue weighted by Gasteiger charge is -2.35. The van der Waals surface area contributed by atoms with Crippen LogP contribution in [-0.4, -0.2) is 82.2 Å². The molecule has 1 aliphatic carbocycles. The zero-order valence-electron chi connectivity index (χ0n) is 28.4. The Morgan fingerprint density at radius 1 is 0.962 bits per heavy atom. The predicted octanol–water partition coefficient (Wildman–Crippen LogP) is 4.31. The number of pyridine rings is 1. The molecule has 0 unspecified atom stereocenters. The molecule has 2 amide bonds. The summed E-state index contributed by atoms with van der Waals surface area (Å²) in [5.41, 5.74) is 1.34. The highest BCUT2D eigenvalue weighted by atomic mass is 19.1. The molecular formula is C36H34FN5O10. The van der Waals surface area contributed by atoms with Crippen LogP contribution in [0.15, 0.2) is 65.3 Å². The Morgan fingerprint density at radius 3 is 2.33 bits per heavy atom. The van der Waals surface area contributed by atoms with Crippen LogP contribution in [0.1, 0.15) is 49.4 Å². The molecule has 2 aromatic heterocycles. The molecule has 270 valence electrons. The SMILES string of the molecule is CCn1cc(C(=O)O)c(=O)c2cc(F)c(N3CCN(C(=O)OCc4ccc(NC(=O)OCc5cc6c(n5C)C(=O)C=C(OC)C6=O)cc4)CC3)cc21. The van der Waals surface area contributed by atoms with E-state index in [9.17, 15) is 33.9 Å². The van der Waals surface area contributed by atoms with Gasteiger partial charge in [0.15, 0.2) is 5.76 Å². The van der Waals surface area contributed by atoms with Crippen LogP contribution >= 0.6 is 0 Å². The summed E-state index contributed by atoms with van der Waals surface area (Å²) in [5, 5.41) is 12.0. The molecule has 2 N–H and O–H groups in total. The first kappa shape index (κ1) is 35.4. The van der Waals surface area contributed by atoms with Crippen LogP contribution in [0.25, 0.3) is 10.9 Å². The minimum absolute atomic E-state index is 0.0193. The second-order valence-corrected chi connectivity index (χ2v) is 12.1. The fraction of sp³-hybridized carbons (Fsp3) is 0.278. The van der Waals surface area contributed by atoms with Gasteiger partial charge in [-0.2, -0.15) is 0 Å². The van der Waals surface area contributed by atoms with Crippen molar-refractivity contribution in [2.24, 2.45) is 7.05 Å². The van der Waals surface area contributed by atoms with Crippen molar-refractivity contribution in [1.29, 1.82) is 0 Å². The normalized spacial score (nSPS) is 14.2. The Labute approximate surface area is 295 Å². The third-order valence-electron chi connectivity index (χ3n) is 9.03. The molecule has 4 aromatic rings. The van der Waals surface area contributed by atoms with Gasteiger partial charge >= 0.3 is 18.2 Å². The standard InChI is InChI=1S/C36H34FN5O10/c1-4-40-17-25(34(46)47)32(44)23-14-26(37)28(15-27(23)40)41-9-11-42(12-10-41)36(49)52-18-20-5-7-21(8-6-20)38-35(48)51-19-22-13-24-31(39(22)2)29(43)16-30(50-3)33(24)45/h5-8,13-17H,4,9-12,18-19H2,1-3H3,(H,38,48)(H,46,47). The number of amides is 2. The molecule has 1 saturated heterocycles. The van der Waals surface area contributed by atoms with Crippen molar-refractivity contribution in [3.05, 3.63) is 105 Å². The van der Waals surface area contributed by atoms with E-state index in [1.54, 1.807) is 47.7 Å². The average Bonchev–Trinajstić information content (AvgIpc) is 3.48. The van der Waals surface area contributed by atoms with Gasteiger partial charge in [-0.05, 0) is 42.8 Å². The number of hydrogen-bond acceptors (Lipinski definition) is 10. The number of carbonyl (C=O) groups is 5. The van der Waals surface area contributed by atoms with E-state index in [1.165, 1.54) is 34.9 Å². The van der Waals surface area contributed by atoms with Crippen LogP contribution in [-0.2, 0) is 41.0 Å². The summed E-state index contributed by atoms with van der Waals surface area (Å²) in [6.45, 7) is 3.02. The number of carboxylic acid groups (broad SMARTS) is 1. The fourth-order valence-electron chi connectivity index (χ4n) is 6.20. The van der Waals surface area contributed by atoms with Gasteiger partial charge in [-0.15, -0.1) is 0 Å². The van der Waals surface area contributed by atoms with Crippen LogP contribution in [0.4, 0.5) is 25.4 Å². The van der Waals surface area contributed by atoms with E-state index in [-0.39, 0.29) is 60.2 Å². The summed E-state index contributed by atoms with van der Waals surface area (Å²) in [6.07, 6.45) is 1.07. The Balaban J connectivity index is 0.986. The fourth-order valence-corrected chi connectivity index (χ4v) is 6.20. The number of halogens is 1. The van der Waals surface area contributed by atoms with Crippen molar-refractivity contribution in [3.8, 4) is 0 Å². The molecule has 52 heavy (non-hydrogen) atoms. The van der Waals surface area contributed by atoms with Gasteiger partial charge in [0.2, 0.25) is 17.0 Å². The second-order valence-electron chi connectivity index (χ2n) is 12.1. The highest BCUT2D eigenvalue weighted by Gasteiger charge is 2.31. The monoisotopic (exact) mass is 715 g/mol. The summed E-state index contributed by atoms with van der Waals surface area (Å²) in [4.78, 5) is 77.7. The number of fused-ring (bicyclic) bond motifs is 2. The molecule has 3 heterocycles. The van der Waals surface area contributed by atoms with E-state index in [4.69, 9.17) is 14.2 Å². The lowest BCUT2D eigenvalue weighted by atomic mass is 10.0. The van der Waals surface area contributed by atoms with Crippen molar-refractivity contribution in [3.63, 3.8) is 0 Å². The van der Waals surface area contributed by atoms with Gasteiger partial charge in [-0.3, -0.25) is 19.7 Å². The number of piperazine rings is 1. The van der Waals surface area contributed by atoms with Crippen molar-refractivity contribution < 1.29 is 47.7 Å². The number of ether oxygens (including phenoxy) is 3. The molecular weight excluding hydrogens is 681 g/mol. The number of nitrogens with zero attached hydrogens (tertiary/aromatic N) is 4. The van der Waals surface area contributed by atoms with Gasteiger partial charge in [-0.25, -0.2) is 18.8 Å². The van der Waals surface area contributed by atoms with Gasteiger partial charge in [0.25, 0.3) is 0 Å². The topological polar surface area (TPSA) is 179 Å². The highest BCUT2D eigenvalue weighted by Crippen LogP contribution is 2.28. The summed E-state index contributed by atoms with van der Waals surface area (Å²) in [5.74, 6) is -2.93. The number of aryl methyl sites for hydroxylation is 1. The first-order chi connectivity index (χ1) is 24.9. The van der Waals surface area contributed by atoms with Crippen molar-refractivity contribution in [2.75, 3.05) is 43.5 Å². The molecule has 2 aromatic carbocycles. The maximum atomic E-state index is 15.2. The van der Waals surface area contributed by atoms with Gasteiger partial charge in [0.1, 0.15) is 30.3 Å². The van der Waals surface area contributed by atoms with Crippen molar-refractivity contribution >= 4 is 52.0 Å². The Hall–Kier alpha value is -6.45. The first-order valence-electron chi connectivity index (χ1n) is 16.2. The zero-order chi connectivity index (χ0) is 37.3. The molecule has 15 nitrogen and oxygen atoms in total. The largest absolute Gasteiger partial charge is 0.492 e. The molecule has 1 fully saturated rings. The summed E-state index contributed by atoms with van der Waals surface area (Å²) in [6, 6.07) is 10.6. The summed E-state index contributed by atoms with van der Waals surface area (Å²) in [7, 11) is 2.90.